The van der Waals surface area contributed by atoms with Gasteiger partial charge in [-0.15, -0.1) is 11.3 Å². The second-order valence-electron chi connectivity index (χ2n) is 3.23. The number of aromatic nitrogens is 2. The molecule has 0 saturated heterocycles. The molecule has 2 aromatic heterocycles. The van der Waals surface area contributed by atoms with Crippen molar-refractivity contribution in [2.45, 2.75) is 23.1 Å². The molecule has 0 N–H and O–H groups in total. The van der Waals surface area contributed by atoms with E-state index < -0.39 is 0 Å². The molecule has 0 amide bonds. The van der Waals surface area contributed by atoms with E-state index in [0.717, 1.165) is 20.6 Å². The average Bonchev–Trinajstić information content (AvgIpc) is 2.70. The number of aryl methyl sites for hydroxylation is 2. The van der Waals surface area contributed by atoms with E-state index in [4.69, 9.17) is 5.26 Å². The monoisotopic (exact) mass is 247 g/mol. The van der Waals surface area contributed by atoms with Crippen LogP contribution in [0.1, 0.15) is 17.0 Å². The molecule has 0 aliphatic heterocycles. The smallest absolute Gasteiger partial charge is 0.154 e. The Morgan fingerprint density at radius 1 is 1.44 bits per heavy atom. The highest BCUT2D eigenvalue weighted by atomic mass is 32.2. The van der Waals surface area contributed by atoms with Crippen molar-refractivity contribution in [2.24, 2.45) is 0 Å². The van der Waals surface area contributed by atoms with Gasteiger partial charge in [-0.2, -0.15) is 5.26 Å². The van der Waals surface area contributed by atoms with E-state index >= 15 is 0 Å². The minimum absolute atomic E-state index is 0.644. The van der Waals surface area contributed by atoms with Gasteiger partial charge in [-0.05, 0) is 19.9 Å². The van der Waals surface area contributed by atoms with Gasteiger partial charge >= 0.3 is 0 Å². The lowest BCUT2D eigenvalue weighted by Gasteiger charge is -2.05. The fourth-order valence-electron chi connectivity index (χ4n) is 1.36. The van der Waals surface area contributed by atoms with Gasteiger partial charge in [-0.25, -0.2) is 4.98 Å². The van der Waals surface area contributed by atoms with Gasteiger partial charge in [0.15, 0.2) is 4.34 Å². The molecule has 0 spiro atoms. The number of rotatable bonds is 2. The van der Waals surface area contributed by atoms with Crippen molar-refractivity contribution in [3.05, 3.63) is 34.6 Å². The zero-order chi connectivity index (χ0) is 11.5. The van der Waals surface area contributed by atoms with Gasteiger partial charge < -0.3 is 0 Å². The van der Waals surface area contributed by atoms with Crippen LogP contribution in [0.15, 0.2) is 26.9 Å². The maximum atomic E-state index is 9.10. The third-order valence-electron chi connectivity index (χ3n) is 2.01. The first-order chi connectivity index (χ1) is 7.70. The minimum atomic E-state index is 0.644. The van der Waals surface area contributed by atoms with E-state index in [0.29, 0.717) is 5.56 Å². The SMILES string of the molecule is Cc1cc(Sc2nccs2)c(C#N)c(C)n1. The molecule has 0 aromatic carbocycles. The minimum Gasteiger partial charge on any atom is -0.257 e. The molecular weight excluding hydrogens is 238 g/mol. The Balaban J connectivity index is 2.44. The predicted octanol–water partition coefficient (Wildman–Crippen LogP) is 3.18. The number of hydrogen-bond acceptors (Lipinski definition) is 5. The van der Waals surface area contributed by atoms with Crippen LogP contribution in [0.2, 0.25) is 0 Å². The van der Waals surface area contributed by atoms with Crippen LogP contribution in [0, 0.1) is 25.2 Å². The Bertz CT molecular complexity index is 541. The largest absolute Gasteiger partial charge is 0.257 e. The third kappa shape index (κ3) is 2.23. The zero-order valence-corrected chi connectivity index (χ0v) is 10.5. The highest BCUT2D eigenvalue weighted by Gasteiger charge is 2.10. The van der Waals surface area contributed by atoms with Crippen LogP contribution in [-0.4, -0.2) is 9.97 Å². The van der Waals surface area contributed by atoms with Crippen molar-refractivity contribution in [1.29, 1.82) is 5.26 Å². The first kappa shape index (κ1) is 11.1. The van der Waals surface area contributed by atoms with Crippen LogP contribution in [0.25, 0.3) is 0 Å². The maximum absolute atomic E-state index is 9.10. The van der Waals surface area contributed by atoms with Crippen LogP contribution < -0.4 is 0 Å². The van der Waals surface area contributed by atoms with E-state index in [1.54, 1.807) is 17.5 Å². The molecule has 0 unspecified atom stereocenters. The second-order valence-corrected chi connectivity index (χ2v) is 5.42. The summed E-state index contributed by atoms with van der Waals surface area (Å²) < 4.78 is 0.946. The number of nitrogens with zero attached hydrogens (tertiary/aromatic N) is 3. The van der Waals surface area contributed by atoms with Crippen molar-refractivity contribution in [1.82, 2.24) is 9.97 Å². The quantitative estimate of drug-likeness (QED) is 0.817. The van der Waals surface area contributed by atoms with Crippen molar-refractivity contribution < 1.29 is 0 Å². The summed E-state index contributed by atoms with van der Waals surface area (Å²) in [6.45, 7) is 3.79. The molecule has 2 aromatic rings. The highest BCUT2D eigenvalue weighted by molar-refractivity contribution is 8.01. The molecule has 16 heavy (non-hydrogen) atoms. The lowest BCUT2D eigenvalue weighted by atomic mass is 10.2. The van der Waals surface area contributed by atoms with Crippen LogP contribution in [-0.2, 0) is 0 Å². The van der Waals surface area contributed by atoms with Gasteiger partial charge in [0, 0.05) is 22.2 Å². The maximum Gasteiger partial charge on any atom is 0.154 e. The van der Waals surface area contributed by atoms with Gasteiger partial charge in [-0.3, -0.25) is 4.98 Å². The summed E-state index contributed by atoms with van der Waals surface area (Å²) in [6.07, 6.45) is 1.76. The van der Waals surface area contributed by atoms with Crippen LogP contribution in [0.3, 0.4) is 0 Å². The summed E-state index contributed by atoms with van der Waals surface area (Å²) >= 11 is 3.09. The van der Waals surface area contributed by atoms with E-state index in [1.807, 2.05) is 25.3 Å². The Hall–Kier alpha value is -1.38. The molecule has 0 atom stereocenters. The van der Waals surface area contributed by atoms with E-state index in [9.17, 15) is 0 Å². The fraction of sp³-hybridized carbons (Fsp3) is 0.182. The Morgan fingerprint density at radius 2 is 2.25 bits per heavy atom. The number of pyridine rings is 1. The second kappa shape index (κ2) is 4.64. The van der Waals surface area contributed by atoms with Crippen molar-refractivity contribution in [2.75, 3.05) is 0 Å². The number of thiazole rings is 1. The van der Waals surface area contributed by atoms with Crippen molar-refractivity contribution >= 4 is 23.1 Å². The number of hydrogen-bond donors (Lipinski definition) is 0. The predicted molar refractivity (Wildman–Crippen MR) is 64.7 cm³/mol. The summed E-state index contributed by atoms with van der Waals surface area (Å²) in [5, 5.41) is 11.0. The standard InChI is InChI=1S/C11H9N3S2/c1-7-5-10(9(6-12)8(2)14-7)16-11-13-3-4-15-11/h3-5H,1-2H3. The Labute approximate surface area is 102 Å². The molecular formula is C11H9N3S2. The van der Waals surface area contributed by atoms with Gasteiger partial charge in [-0.1, -0.05) is 11.8 Å². The highest BCUT2D eigenvalue weighted by Crippen LogP contribution is 2.32. The normalized spacial score (nSPS) is 10.1. The molecule has 0 radical (unpaired) electrons. The van der Waals surface area contributed by atoms with Crippen molar-refractivity contribution in [3.63, 3.8) is 0 Å². The molecule has 0 bridgehead atoms. The first-order valence-electron chi connectivity index (χ1n) is 4.66. The molecule has 80 valence electrons. The summed E-state index contributed by atoms with van der Waals surface area (Å²) in [6, 6.07) is 4.13. The lowest BCUT2D eigenvalue weighted by Crippen LogP contribution is -1.93. The van der Waals surface area contributed by atoms with E-state index in [1.165, 1.54) is 11.8 Å². The summed E-state index contributed by atoms with van der Waals surface area (Å²) in [5.74, 6) is 0. The molecule has 2 rings (SSSR count). The molecule has 3 nitrogen and oxygen atoms in total. The zero-order valence-electron chi connectivity index (χ0n) is 8.89. The van der Waals surface area contributed by atoms with Crippen LogP contribution in [0.4, 0.5) is 0 Å². The Morgan fingerprint density at radius 3 is 2.88 bits per heavy atom. The van der Waals surface area contributed by atoms with Gasteiger partial charge in [0.25, 0.3) is 0 Å². The van der Waals surface area contributed by atoms with Gasteiger partial charge in [0.05, 0.1) is 11.3 Å². The fourth-order valence-corrected chi connectivity index (χ4v) is 3.18. The molecule has 0 saturated carbocycles. The summed E-state index contributed by atoms with van der Waals surface area (Å²) in [5.41, 5.74) is 2.35. The number of nitriles is 1. The Kier molecular flexibility index (Phi) is 3.22. The van der Waals surface area contributed by atoms with E-state index in [2.05, 4.69) is 16.0 Å². The topological polar surface area (TPSA) is 49.6 Å². The van der Waals surface area contributed by atoms with Crippen LogP contribution in [0.5, 0.6) is 0 Å². The summed E-state index contributed by atoms with van der Waals surface area (Å²) in [4.78, 5) is 9.41. The lowest BCUT2D eigenvalue weighted by molar-refractivity contribution is 1.07. The average molecular weight is 247 g/mol. The third-order valence-corrected chi connectivity index (χ3v) is 3.94. The molecule has 5 heteroatoms. The van der Waals surface area contributed by atoms with Crippen LogP contribution >= 0.6 is 23.1 Å². The first-order valence-corrected chi connectivity index (χ1v) is 6.36. The molecule has 2 heterocycles. The van der Waals surface area contributed by atoms with E-state index in [-0.39, 0.29) is 0 Å². The summed E-state index contributed by atoms with van der Waals surface area (Å²) in [7, 11) is 0. The molecule has 0 aliphatic carbocycles. The molecule has 0 fully saturated rings. The van der Waals surface area contributed by atoms with Gasteiger partial charge in [0.1, 0.15) is 6.07 Å². The molecule has 0 aliphatic rings. The van der Waals surface area contributed by atoms with Gasteiger partial charge in [0.2, 0.25) is 0 Å². The van der Waals surface area contributed by atoms with Crippen molar-refractivity contribution in [3.8, 4) is 6.07 Å².